The van der Waals surface area contributed by atoms with Crippen LogP contribution in [-0.2, 0) is 0 Å². The average Bonchev–Trinajstić information content (AvgIpc) is 3.28. The number of amides is 1. The Morgan fingerprint density at radius 1 is 1.03 bits per heavy atom. The Morgan fingerprint density at radius 2 is 1.80 bits per heavy atom. The van der Waals surface area contributed by atoms with Crippen LogP contribution in [0.1, 0.15) is 16.9 Å². The van der Waals surface area contributed by atoms with Crippen LogP contribution in [0.3, 0.4) is 0 Å². The van der Waals surface area contributed by atoms with Gasteiger partial charge in [0.2, 0.25) is 5.95 Å². The normalized spacial score (nSPS) is 14.6. The van der Waals surface area contributed by atoms with Gasteiger partial charge in [0.15, 0.2) is 5.69 Å². The summed E-state index contributed by atoms with van der Waals surface area (Å²) < 4.78 is 15.2. The highest BCUT2D eigenvalue weighted by molar-refractivity contribution is 5.92. The zero-order valence-corrected chi connectivity index (χ0v) is 16.6. The van der Waals surface area contributed by atoms with Crippen molar-refractivity contribution in [3.05, 3.63) is 66.5 Å². The minimum absolute atomic E-state index is 0.254. The van der Waals surface area contributed by atoms with E-state index in [2.05, 4.69) is 30.2 Å². The molecule has 0 spiro atoms. The summed E-state index contributed by atoms with van der Waals surface area (Å²) >= 11 is 0. The first kappa shape index (κ1) is 20.0. The molecule has 8 nitrogen and oxygen atoms in total. The van der Waals surface area contributed by atoms with Crippen molar-refractivity contribution in [2.24, 2.45) is 0 Å². The van der Waals surface area contributed by atoms with E-state index in [1.54, 1.807) is 42.9 Å². The van der Waals surface area contributed by atoms with E-state index in [4.69, 9.17) is 0 Å². The van der Waals surface area contributed by atoms with E-state index in [-0.39, 0.29) is 17.4 Å². The van der Waals surface area contributed by atoms with Crippen LogP contribution >= 0.6 is 0 Å². The van der Waals surface area contributed by atoms with Crippen molar-refractivity contribution in [1.82, 2.24) is 30.0 Å². The summed E-state index contributed by atoms with van der Waals surface area (Å²) in [4.78, 5) is 25.5. The molecule has 0 bridgehead atoms. The Bertz CT molecular complexity index is 970. The second-order valence-corrected chi connectivity index (χ2v) is 7.08. The van der Waals surface area contributed by atoms with Crippen molar-refractivity contribution < 1.29 is 9.18 Å². The molecule has 1 aromatic carbocycles. The van der Waals surface area contributed by atoms with Crippen LogP contribution in [0.15, 0.2) is 55.0 Å². The van der Waals surface area contributed by atoms with E-state index in [1.807, 2.05) is 6.07 Å². The lowest BCUT2D eigenvalue weighted by molar-refractivity contribution is 0.0946. The maximum atomic E-state index is 13.9. The lowest BCUT2D eigenvalue weighted by atomic mass is 10.3. The van der Waals surface area contributed by atoms with Gasteiger partial charge in [-0.2, -0.15) is 5.10 Å². The third kappa shape index (κ3) is 4.80. The van der Waals surface area contributed by atoms with E-state index in [0.29, 0.717) is 12.2 Å². The number of halogens is 1. The van der Waals surface area contributed by atoms with Gasteiger partial charge in [-0.05, 0) is 37.2 Å². The van der Waals surface area contributed by atoms with Crippen molar-refractivity contribution in [2.75, 3.05) is 44.2 Å². The summed E-state index contributed by atoms with van der Waals surface area (Å²) in [5, 5.41) is 7.07. The number of piperazine rings is 1. The van der Waals surface area contributed by atoms with Gasteiger partial charge < -0.3 is 10.2 Å². The highest BCUT2D eigenvalue weighted by atomic mass is 19.1. The number of rotatable bonds is 7. The van der Waals surface area contributed by atoms with Crippen molar-refractivity contribution in [2.45, 2.75) is 6.42 Å². The summed E-state index contributed by atoms with van der Waals surface area (Å²) in [6.45, 7) is 5.15. The molecule has 1 N–H and O–H groups in total. The fraction of sp³-hybridized carbons (Fsp3) is 0.333. The molecule has 1 aliphatic heterocycles. The molecule has 1 saturated heterocycles. The summed E-state index contributed by atoms with van der Waals surface area (Å²) in [6.07, 6.45) is 5.96. The van der Waals surface area contributed by atoms with Gasteiger partial charge in [-0.1, -0.05) is 12.1 Å². The van der Waals surface area contributed by atoms with Gasteiger partial charge in [0, 0.05) is 51.3 Å². The Kier molecular flexibility index (Phi) is 6.29. The molecule has 156 valence electrons. The fourth-order valence-electron chi connectivity index (χ4n) is 3.44. The lowest BCUT2D eigenvalue weighted by Gasteiger charge is -2.34. The average molecular weight is 409 g/mol. The van der Waals surface area contributed by atoms with Crippen LogP contribution in [0.4, 0.5) is 10.3 Å². The topological polar surface area (TPSA) is 79.2 Å². The molecule has 4 rings (SSSR count). The van der Waals surface area contributed by atoms with Gasteiger partial charge in [0.25, 0.3) is 5.91 Å². The number of carbonyl (C=O) groups excluding carboxylic acids is 1. The quantitative estimate of drug-likeness (QED) is 0.599. The van der Waals surface area contributed by atoms with Crippen LogP contribution < -0.4 is 10.2 Å². The first-order valence-corrected chi connectivity index (χ1v) is 10.0. The fourth-order valence-corrected chi connectivity index (χ4v) is 3.44. The lowest BCUT2D eigenvalue weighted by Crippen LogP contribution is -2.47. The minimum atomic E-state index is -0.383. The molecule has 30 heavy (non-hydrogen) atoms. The molecular weight excluding hydrogens is 385 g/mol. The summed E-state index contributed by atoms with van der Waals surface area (Å²) in [6, 6.07) is 9.74. The summed E-state index contributed by atoms with van der Waals surface area (Å²) in [5.41, 5.74) is 0.589. The van der Waals surface area contributed by atoms with Crippen LogP contribution in [0.5, 0.6) is 0 Å². The molecule has 1 aliphatic rings. The molecule has 0 atom stereocenters. The van der Waals surface area contributed by atoms with Gasteiger partial charge in [-0.15, -0.1) is 0 Å². The number of carbonyl (C=O) groups is 1. The zero-order chi connectivity index (χ0) is 20.8. The molecule has 9 heteroatoms. The van der Waals surface area contributed by atoms with Crippen molar-refractivity contribution >= 4 is 11.9 Å². The van der Waals surface area contributed by atoms with E-state index in [0.717, 1.165) is 45.1 Å². The second kappa shape index (κ2) is 9.45. The molecule has 3 aromatic rings. The molecule has 1 amide bonds. The van der Waals surface area contributed by atoms with Gasteiger partial charge in [-0.25, -0.2) is 19.0 Å². The molecule has 0 aliphatic carbocycles. The van der Waals surface area contributed by atoms with Crippen molar-refractivity contribution in [1.29, 1.82) is 0 Å². The number of hydrogen-bond acceptors (Lipinski definition) is 6. The first-order chi connectivity index (χ1) is 14.7. The molecular formula is C21H24FN7O. The maximum Gasteiger partial charge on any atom is 0.271 e. The number of benzene rings is 1. The van der Waals surface area contributed by atoms with Gasteiger partial charge in [0.1, 0.15) is 11.5 Å². The van der Waals surface area contributed by atoms with Crippen LogP contribution in [0.25, 0.3) is 5.69 Å². The standard InChI is InChI=1S/C21H24FN7O/c22-17-5-1-2-6-19(17)29-12-7-18(26-29)20(30)23-10-4-11-27-13-15-28(16-14-27)21-24-8-3-9-25-21/h1-3,5-9,12H,4,10-11,13-16H2,(H,23,30). The number of para-hydroxylation sites is 1. The Morgan fingerprint density at radius 3 is 2.57 bits per heavy atom. The second-order valence-electron chi connectivity index (χ2n) is 7.08. The zero-order valence-electron chi connectivity index (χ0n) is 16.6. The number of aromatic nitrogens is 4. The number of nitrogens with one attached hydrogen (secondary N) is 1. The van der Waals surface area contributed by atoms with E-state index < -0.39 is 0 Å². The molecule has 3 heterocycles. The molecule has 0 unspecified atom stereocenters. The van der Waals surface area contributed by atoms with Crippen LogP contribution in [0, 0.1) is 5.82 Å². The van der Waals surface area contributed by atoms with Gasteiger partial charge in [-0.3, -0.25) is 9.69 Å². The van der Waals surface area contributed by atoms with Crippen LogP contribution in [-0.4, -0.2) is 69.8 Å². The van der Waals surface area contributed by atoms with Crippen molar-refractivity contribution in [3.63, 3.8) is 0 Å². The van der Waals surface area contributed by atoms with E-state index >= 15 is 0 Å². The van der Waals surface area contributed by atoms with Crippen molar-refractivity contribution in [3.8, 4) is 5.69 Å². The van der Waals surface area contributed by atoms with Crippen LogP contribution in [0.2, 0.25) is 0 Å². The minimum Gasteiger partial charge on any atom is -0.351 e. The molecule has 2 aromatic heterocycles. The Balaban J connectivity index is 1.19. The number of hydrogen-bond donors (Lipinski definition) is 1. The van der Waals surface area contributed by atoms with Gasteiger partial charge >= 0.3 is 0 Å². The Hall–Kier alpha value is -3.33. The Labute approximate surface area is 174 Å². The highest BCUT2D eigenvalue weighted by Crippen LogP contribution is 2.12. The summed E-state index contributed by atoms with van der Waals surface area (Å²) in [7, 11) is 0. The largest absolute Gasteiger partial charge is 0.351 e. The first-order valence-electron chi connectivity index (χ1n) is 10.0. The van der Waals surface area contributed by atoms with E-state index in [9.17, 15) is 9.18 Å². The summed E-state index contributed by atoms with van der Waals surface area (Å²) in [5.74, 6) is 0.141. The predicted molar refractivity (Wildman–Crippen MR) is 111 cm³/mol. The highest BCUT2D eigenvalue weighted by Gasteiger charge is 2.18. The maximum absolute atomic E-state index is 13.9. The molecule has 0 saturated carbocycles. The SMILES string of the molecule is O=C(NCCCN1CCN(c2ncccn2)CC1)c1ccn(-c2ccccc2F)n1. The number of nitrogens with zero attached hydrogens (tertiary/aromatic N) is 6. The molecule has 0 radical (unpaired) electrons. The monoisotopic (exact) mass is 409 g/mol. The number of anilines is 1. The predicted octanol–water partition coefficient (Wildman–Crippen LogP) is 1.74. The third-order valence-corrected chi connectivity index (χ3v) is 5.06. The molecule has 1 fully saturated rings. The van der Waals surface area contributed by atoms with E-state index in [1.165, 1.54) is 10.7 Å². The third-order valence-electron chi connectivity index (χ3n) is 5.06. The smallest absolute Gasteiger partial charge is 0.271 e. The van der Waals surface area contributed by atoms with Gasteiger partial charge in [0.05, 0.1) is 0 Å².